The van der Waals surface area contributed by atoms with Gasteiger partial charge in [-0.1, -0.05) is 94.8 Å². The van der Waals surface area contributed by atoms with E-state index in [9.17, 15) is 29.2 Å². The van der Waals surface area contributed by atoms with E-state index in [2.05, 4.69) is 66.7 Å². The van der Waals surface area contributed by atoms with Gasteiger partial charge in [0.15, 0.2) is 0 Å². The Morgan fingerprint density at radius 3 is 1.79 bits per heavy atom. The minimum absolute atomic E-state index is 0.0320. The van der Waals surface area contributed by atoms with Gasteiger partial charge in [-0.25, -0.2) is 13.1 Å². The predicted octanol–water partition coefficient (Wildman–Crippen LogP) is 8.52. The van der Waals surface area contributed by atoms with E-state index in [4.69, 9.17) is 0 Å². The Hall–Kier alpha value is -4.97. The fourth-order valence-corrected chi connectivity index (χ4v) is 11.3. The second-order valence-electron chi connectivity index (χ2n) is 16.4. The summed E-state index contributed by atoms with van der Waals surface area (Å²) >= 11 is 0. The molecule has 3 N–H and O–H groups in total. The Bertz CT molecular complexity index is 2260. The lowest BCUT2D eigenvalue weighted by Gasteiger charge is -2.46. The number of hydrogen-bond donors (Lipinski definition) is 3. The zero-order valence-corrected chi connectivity index (χ0v) is 34.6. The Balaban J connectivity index is 1.21. The predicted molar refractivity (Wildman–Crippen MR) is 230 cm³/mol. The SMILES string of the molecule is C[C@H]1[C@H](C=Cc2ccc(-c3ccccc3C#N)cn2)[C@H]([C@@H](CO)S(=O)(=O)N[C@@H]2C[C@H](C)[C@@H](C)[C@H](C=Cc3ccc(-c4ccccc4C#N)cn3)[C@@H]2CCO)CC[C@@H]1C. The van der Waals surface area contributed by atoms with E-state index in [1.54, 1.807) is 24.5 Å². The number of nitrogens with one attached hydrogen (secondary N) is 1. The molecule has 2 heterocycles. The molecular weight excluding hydrogens is 743 g/mol. The quantitative estimate of drug-likeness (QED) is 0.121. The molecule has 0 amide bonds. The molecule has 2 aromatic heterocycles. The van der Waals surface area contributed by atoms with Gasteiger partial charge in [0.1, 0.15) is 5.25 Å². The summed E-state index contributed by atoms with van der Waals surface area (Å²) in [4.78, 5) is 9.33. The summed E-state index contributed by atoms with van der Waals surface area (Å²) in [7, 11) is -4.01. The molecule has 0 aliphatic heterocycles. The van der Waals surface area contributed by atoms with E-state index in [1.165, 1.54) is 0 Å². The van der Waals surface area contributed by atoms with E-state index in [1.807, 2.05) is 72.8 Å². The van der Waals surface area contributed by atoms with Crippen LogP contribution >= 0.6 is 0 Å². The lowest BCUT2D eigenvalue weighted by atomic mass is 9.64. The molecule has 2 aliphatic rings. The summed E-state index contributed by atoms with van der Waals surface area (Å²) < 4.78 is 32.2. The van der Waals surface area contributed by atoms with Crippen LogP contribution in [0.1, 0.15) is 75.9 Å². The first kappa shape index (κ1) is 42.6. The average Bonchev–Trinajstić information content (AvgIpc) is 3.24. The van der Waals surface area contributed by atoms with Gasteiger partial charge >= 0.3 is 0 Å². The van der Waals surface area contributed by atoms with Crippen LogP contribution in [0.25, 0.3) is 34.4 Å². The molecule has 10 atom stereocenters. The highest BCUT2D eigenvalue weighted by Gasteiger charge is 2.46. The first-order chi connectivity index (χ1) is 28.0. The van der Waals surface area contributed by atoms with Crippen LogP contribution in [0, 0.1) is 70.0 Å². The van der Waals surface area contributed by atoms with Crippen molar-refractivity contribution in [1.29, 1.82) is 10.5 Å². The van der Waals surface area contributed by atoms with Crippen molar-refractivity contribution in [1.82, 2.24) is 14.7 Å². The number of benzene rings is 2. The van der Waals surface area contributed by atoms with Gasteiger partial charge in [0, 0.05) is 47.3 Å². The van der Waals surface area contributed by atoms with Crippen LogP contribution in [0.15, 0.2) is 97.3 Å². The van der Waals surface area contributed by atoms with Crippen molar-refractivity contribution in [2.45, 2.75) is 64.7 Å². The summed E-state index contributed by atoms with van der Waals surface area (Å²) in [6, 6.07) is 26.6. The van der Waals surface area contributed by atoms with Crippen molar-refractivity contribution in [3.05, 3.63) is 120 Å². The zero-order valence-electron chi connectivity index (χ0n) is 33.8. The number of allylic oxidation sites excluding steroid dienone is 2. The van der Waals surface area contributed by atoms with Crippen molar-refractivity contribution in [3.63, 3.8) is 0 Å². The summed E-state index contributed by atoms with van der Waals surface area (Å²) in [6.45, 7) is 8.14. The first-order valence-corrected chi connectivity index (χ1v) is 22.0. The molecule has 2 aliphatic carbocycles. The van der Waals surface area contributed by atoms with Crippen molar-refractivity contribution >= 4 is 22.2 Å². The molecule has 2 aromatic carbocycles. The molecule has 6 rings (SSSR count). The van der Waals surface area contributed by atoms with Gasteiger partial charge in [-0.05, 0) is 103 Å². The number of aliphatic hydroxyl groups excluding tert-OH is 2. The molecule has 9 nitrogen and oxygen atoms in total. The maximum absolute atomic E-state index is 14.5. The largest absolute Gasteiger partial charge is 0.396 e. The molecule has 0 bridgehead atoms. The number of aliphatic hydroxyl groups is 2. The van der Waals surface area contributed by atoms with Gasteiger partial charge in [-0.2, -0.15) is 10.5 Å². The summed E-state index contributed by atoms with van der Waals surface area (Å²) in [5, 5.41) is 39.2. The van der Waals surface area contributed by atoms with Crippen LogP contribution in [0.3, 0.4) is 0 Å². The number of aromatic nitrogens is 2. The highest BCUT2D eigenvalue weighted by atomic mass is 32.2. The van der Waals surface area contributed by atoms with E-state index >= 15 is 0 Å². The molecule has 0 unspecified atom stereocenters. The van der Waals surface area contributed by atoms with E-state index in [-0.39, 0.29) is 48.0 Å². The molecule has 58 heavy (non-hydrogen) atoms. The molecule has 302 valence electrons. The summed E-state index contributed by atoms with van der Waals surface area (Å²) in [5.74, 6) is 0.350. The molecule has 0 radical (unpaired) electrons. The van der Waals surface area contributed by atoms with Crippen LogP contribution in [0.4, 0.5) is 0 Å². The van der Waals surface area contributed by atoms with E-state index < -0.39 is 27.9 Å². The van der Waals surface area contributed by atoms with Gasteiger partial charge in [0.25, 0.3) is 0 Å². The second kappa shape index (κ2) is 19.2. The Labute approximate surface area is 344 Å². The van der Waals surface area contributed by atoms with Crippen molar-refractivity contribution in [3.8, 4) is 34.4 Å². The van der Waals surface area contributed by atoms with Crippen molar-refractivity contribution in [2.24, 2.45) is 47.3 Å². The molecule has 0 spiro atoms. The number of hydrogen-bond acceptors (Lipinski definition) is 8. The fourth-order valence-electron chi connectivity index (χ4n) is 9.43. The van der Waals surface area contributed by atoms with Crippen LogP contribution in [-0.4, -0.2) is 53.1 Å². The highest BCUT2D eigenvalue weighted by Crippen LogP contribution is 2.45. The van der Waals surface area contributed by atoms with Crippen molar-refractivity contribution < 1.29 is 18.6 Å². The Morgan fingerprint density at radius 1 is 0.759 bits per heavy atom. The molecule has 10 heteroatoms. The smallest absolute Gasteiger partial charge is 0.217 e. The third kappa shape index (κ3) is 9.49. The van der Waals surface area contributed by atoms with Crippen LogP contribution < -0.4 is 4.72 Å². The lowest BCUT2D eigenvalue weighted by molar-refractivity contribution is 0.0916. The van der Waals surface area contributed by atoms with Crippen LogP contribution in [-0.2, 0) is 10.0 Å². The zero-order chi connectivity index (χ0) is 41.4. The normalized spacial score (nSPS) is 26.9. The van der Waals surface area contributed by atoms with Gasteiger partial charge in [0.05, 0.1) is 41.3 Å². The minimum atomic E-state index is -4.01. The standard InChI is InChI=1S/C48H55N5O4S/c1-31-13-20-46(42(33(31)3)22-19-40-17-15-38(29-52-40)44-12-8-6-10-36(44)27-50)48(30-55)58(56,57)53-47-25-32(2)34(4)41(45(47)23-24-54)21-18-39-16-14-37(28-51-39)43-11-7-5-9-35(43)26-49/h5-12,14-19,21-22,28-29,31-34,41-42,45-48,53-55H,13,20,23-25,30H2,1-4H3/t31-,32-,33+,34+,41-,42-,45-,46+,47+,48+/m0/s1. The minimum Gasteiger partial charge on any atom is -0.396 e. The number of rotatable bonds is 13. The monoisotopic (exact) mass is 797 g/mol. The maximum atomic E-state index is 14.5. The molecular formula is C48H55N5O4S. The summed E-state index contributed by atoms with van der Waals surface area (Å²) in [5.41, 5.74) is 5.98. The number of sulfonamides is 1. The second-order valence-corrected chi connectivity index (χ2v) is 18.4. The fraction of sp³-hybridized carbons (Fsp3) is 0.417. The number of nitriles is 2. The molecule has 2 fully saturated rings. The van der Waals surface area contributed by atoms with Gasteiger partial charge in [-0.3, -0.25) is 9.97 Å². The van der Waals surface area contributed by atoms with Gasteiger partial charge in [-0.15, -0.1) is 0 Å². The maximum Gasteiger partial charge on any atom is 0.217 e. The average molecular weight is 798 g/mol. The van der Waals surface area contributed by atoms with E-state index in [0.717, 1.165) is 40.1 Å². The molecule has 0 saturated heterocycles. The van der Waals surface area contributed by atoms with Crippen LogP contribution in [0.5, 0.6) is 0 Å². The highest BCUT2D eigenvalue weighted by molar-refractivity contribution is 7.90. The topological polar surface area (TPSA) is 160 Å². The third-order valence-corrected chi connectivity index (χ3v) is 15.1. The lowest BCUT2D eigenvalue weighted by Crippen LogP contribution is -2.54. The van der Waals surface area contributed by atoms with E-state index in [0.29, 0.717) is 36.3 Å². The Morgan fingerprint density at radius 2 is 1.29 bits per heavy atom. The first-order valence-electron chi connectivity index (χ1n) is 20.5. The third-order valence-electron chi connectivity index (χ3n) is 13.2. The molecule has 2 saturated carbocycles. The summed E-state index contributed by atoms with van der Waals surface area (Å²) in [6.07, 6.45) is 14.2. The van der Waals surface area contributed by atoms with Gasteiger partial charge in [0.2, 0.25) is 10.0 Å². The number of nitrogens with zero attached hydrogens (tertiary/aromatic N) is 4. The van der Waals surface area contributed by atoms with Gasteiger partial charge < -0.3 is 10.2 Å². The van der Waals surface area contributed by atoms with Crippen molar-refractivity contribution in [2.75, 3.05) is 13.2 Å². The molecule has 4 aromatic rings. The van der Waals surface area contributed by atoms with Crippen LogP contribution in [0.2, 0.25) is 0 Å². The number of pyridine rings is 2. The Kier molecular flexibility index (Phi) is 14.1.